The van der Waals surface area contributed by atoms with Crippen LogP contribution in [0.3, 0.4) is 0 Å². The van der Waals surface area contributed by atoms with Gasteiger partial charge in [-0.3, -0.25) is 0 Å². The van der Waals surface area contributed by atoms with E-state index in [-0.39, 0.29) is 16.2 Å². The van der Waals surface area contributed by atoms with E-state index >= 15 is 0 Å². The van der Waals surface area contributed by atoms with Crippen molar-refractivity contribution in [2.24, 2.45) is 5.28 Å². The number of benzene rings is 2. The summed E-state index contributed by atoms with van der Waals surface area (Å²) in [6, 6.07) is 13.1. The van der Waals surface area contributed by atoms with Crippen molar-refractivity contribution < 1.29 is 20.1 Å². The fraction of sp³-hybridized carbons (Fsp3) is 0. The molecule has 8 nitrogen and oxygen atoms in total. The van der Waals surface area contributed by atoms with Crippen LogP contribution < -0.4 is 10.1 Å². The average molecular weight is 297 g/mol. The monoisotopic (exact) mass is 297 g/mol. The molecule has 0 spiro atoms. The predicted octanol–water partition coefficient (Wildman–Crippen LogP) is 1.33. The molecule has 0 aliphatic carbocycles. The lowest BCUT2D eigenvalue weighted by Gasteiger charge is -2.18. The van der Waals surface area contributed by atoms with Crippen LogP contribution >= 0.6 is 0 Å². The van der Waals surface area contributed by atoms with Crippen LogP contribution in [0.1, 0.15) is 15.9 Å². The van der Waals surface area contributed by atoms with Crippen molar-refractivity contribution in [3.63, 3.8) is 0 Å². The van der Waals surface area contributed by atoms with E-state index in [0.717, 1.165) is 5.01 Å². The van der Waals surface area contributed by atoms with Gasteiger partial charge in [-0.1, -0.05) is 17.1 Å². The molecule has 0 aliphatic heterocycles. The Hall–Kier alpha value is -3.60. The molecule has 2 aromatic carbocycles. The summed E-state index contributed by atoms with van der Waals surface area (Å²) in [6.07, 6.45) is 0. The van der Waals surface area contributed by atoms with Crippen LogP contribution in [0, 0.1) is 16.5 Å². The van der Waals surface area contributed by atoms with Crippen LogP contribution in [0.5, 0.6) is 0 Å². The second-order valence-corrected chi connectivity index (χ2v) is 4.15. The molecule has 0 radical (unpaired) electrons. The van der Waals surface area contributed by atoms with Crippen LogP contribution in [0.4, 0.5) is 11.4 Å². The molecule has 2 rings (SSSR count). The third kappa shape index (κ3) is 2.94. The largest absolute Gasteiger partial charge is 0.568 e. The fourth-order valence-electron chi connectivity index (χ4n) is 1.80. The summed E-state index contributed by atoms with van der Waals surface area (Å²) in [7, 11) is 0. The normalized spacial score (nSPS) is 10.8. The summed E-state index contributed by atoms with van der Waals surface area (Å²) < 4.78 is 0. The van der Waals surface area contributed by atoms with Crippen LogP contribution in [-0.2, 0) is 0 Å². The summed E-state index contributed by atoms with van der Waals surface area (Å²) in [5.41, 5.74) is 0.937. The number of hydrogen-bond donors (Lipinski definition) is 1. The highest BCUT2D eigenvalue weighted by Gasteiger charge is 2.19. The van der Waals surface area contributed by atoms with Gasteiger partial charge >= 0.3 is 0 Å². The number of nitrogens with zero attached hydrogens (tertiary/aromatic N) is 4. The molecule has 0 aliphatic rings. The molecule has 110 valence electrons. The molecule has 0 bridgehead atoms. The van der Waals surface area contributed by atoms with Crippen molar-refractivity contribution in [1.29, 1.82) is 5.26 Å². The van der Waals surface area contributed by atoms with E-state index in [1.807, 2.05) is 6.07 Å². The van der Waals surface area contributed by atoms with Gasteiger partial charge in [-0.2, -0.15) is 5.26 Å². The van der Waals surface area contributed by atoms with Crippen molar-refractivity contribution in [3.05, 3.63) is 64.9 Å². The second-order valence-electron chi connectivity index (χ2n) is 4.15. The zero-order chi connectivity index (χ0) is 16.1. The van der Waals surface area contributed by atoms with Crippen molar-refractivity contribution >= 4 is 17.3 Å². The summed E-state index contributed by atoms with van der Waals surface area (Å²) in [4.78, 5) is 10.7. The Morgan fingerprint density at radius 3 is 2.05 bits per heavy atom. The lowest BCUT2D eigenvalue weighted by atomic mass is 10.2. The number of hydrazine groups is 1. The van der Waals surface area contributed by atoms with E-state index < -0.39 is 5.97 Å². The summed E-state index contributed by atoms with van der Waals surface area (Å²) in [5.74, 6) is -1.35. The number of rotatable bonds is 4. The Labute approximate surface area is 124 Å². The van der Waals surface area contributed by atoms with E-state index in [2.05, 4.69) is 5.28 Å². The van der Waals surface area contributed by atoms with Crippen molar-refractivity contribution in [2.45, 2.75) is 0 Å². The third-order valence-electron chi connectivity index (χ3n) is 2.84. The molecule has 22 heavy (non-hydrogen) atoms. The molecular weight excluding hydrogens is 288 g/mol. The maximum Gasteiger partial charge on any atom is 0.231 e. The molecule has 0 heterocycles. The number of aromatic carboxylic acids is 1. The van der Waals surface area contributed by atoms with E-state index in [4.69, 9.17) is 10.5 Å². The maximum absolute atomic E-state index is 11.7. The highest BCUT2D eigenvalue weighted by atomic mass is 16.6. The van der Waals surface area contributed by atoms with Gasteiger partial charge in [0.15, 0.2) is 0 Å². The highest BCUT2D eigenvalue weighted by molar-refractivity contribution is 5.86. The van der Waals surface area contributed by atoms with Gasteiger partial charge in [-0.25, -0.2) is 0 Å². The molecule has 0 atom stereocenters. The Bertz CT molecular complexity index is 748. The Morgan fingerprint density at radius 2 is 1.64 bits per heavy atom. The van der Waals surface area contributed by atoms with E-state index in [1.54, 1.807) is 0 Å². The topological polar surface area (TPSA) is 126 Å². The highest BCUT2D eigenvalue weighted by Crippen LogP contribution is 2.26. The molecule has 0 unspecified atom stereocenters. The van der Waals surface area contributed by atoms with Gasteiger partial charge in [-0.15, -0.1) is 0 Å². The van der Waals surface area contributed by atoms with Crippen LogP contribution in [0.25, 0.3) is 0 Å². The van der Waals surface area contributed by atoms with Gasteiger partial charge in [-0.05, 0) is 42.0 Å². The molecule has 0 amide bonds. The van der Waals surface area contributed by atoms with Gasteiger partial charge in [0.1, 0.15) is 11.4 Å². The number of hydrogen-bond acceptors (Lipinski definition) is 5. The number of carbonyl (C=O) groups is 1. The zero-order valence-corrected chi connectivity index (χ0v) is 11.1. The van der Waals surface area contributed by atoms with Crippen LogP contribution in [0.15, 0.2) is 53.8 Å². The molecule has 0 fully saturated rings. The predicted molar refractivity (Wildman–Crippen MR) is 71.9 cm³/mol. The van der Waals surface area contributed by atoms with Gasteiger partial charge in [0, 0.05) is 0 Å². The molecule has 1 N–H and O–H groups in total. The SMILES string of the molecule is N#Cc1ccc(N(c2ccc(C(=O)[O-])cc2)/[N+]([O-])=N/O)cc1. The van der Waals surface area contributed by atoms with E-state index in [9.17, 15) is 15.1 Å². The Morgan fingerprint density at radius 1 is 1.14 bits per heavy atom. The van der Waals surface area contributed by atoms with Gasteiger partial charge in [0.2, 0.25) is 5.28 Å². The van der Waals surface area contributed by atoms with E-state index in [1.165, 1.54) is 48.5 Å². The zero-order valence-electron chi connectivity index (χ0n) is 11.1. The van der Waals surface area contributed by atoms with Crippen LogP contribution in [-0.4, -0.2) is 16.1 Å². The lowest BCUT2D eigenvalue weighted by Crippen LogP contribution is -2.26. The van der Waals surface area contributed by atoms with Gasteiger partial charge in [0.05, 0.1) is 22.6 Å². The second kappa shape index (κ2) is 6.23. The van der Waals surface area contributed by atoms with Crippen molar-refractivity contribution in [1.82, 2.24) is 0 Å². The summed E-state index contributed by atoms with van der Waals surface area (Å²) in [6.45, 7) is 0. The Balaban J connectivity index is 2.46. The molecule has 2 aromatic rings. The number of anilines is 2. The fourth-order valence-corrected chi connectivity index (χ4v) is 1.80. The molecule has 8 heteroatoms. The Kier molecular flexibility index (Phi) is 4.19. The van der Waals surface area contributed by atoms with Crippen LogP contribution in [0.2, 0.25) is 0 Å². The number of nitriles is 1. The molecular formula is C14H9N4O4-. The standard InChI is InChI=1S/C14H10N4O4/c15-9-10-1-5-12(6-2-10)17(18(22)16-21)13-7-3-11(4-8-13)14(19)20/h1-8,21H,(H,19,20)/p-1/b18-16-. The third-order valence-corrected chi connectivity index (χ3v) is 2.84. The van der Waals surface area contributed by atoms with Crippen molar-refractivity contribution in [2.75, 3.05) is 5.01 Å². The minimum atomic E-state index is -1.35. The lowest BCUT2D eigenvalue weighted by molar-refractivity contribution is -0.558. The maximum atomic E-state index is 11.7. The number of carbonyl (C=O) groups excluding carboxylic acids is 1. The van der Waals surface area contributed by atoms with E-state index in [0.29, 0.717) is 11.3 Å². The first-order valence-corrected chi connectivity index (χ1v) is 6.00. The number of carboxylic acid groups (broad SMARTS) is 1. The molecule has 0 saturated carbocycles. The summed E-state index contributed by atoms with van der Waals surface area (Å²) in [5, 5.41) is 43.5. The first-order valence-electron chi connectivity index (χ1n) is 6.00. The molecule has 0 saturated heterocycles. The first-order chi connectivity index (χ1) is 10.6. The quantitative estimate of drug-likeness (QED) is 0.515. The molecule has 0 aromatic heterocycles. The van der Waals surface area contributed by atoms with Crippen molar-refractivity contribution in [3.8, 4) is 6.07 Å². The number of carboxylic acids is 1. The first kappa shape index (κ1) is 14.8. The average Bonchev–Trinajstić information content (AvgIpc) is 2.56. The van der Waals surface area contributed by atoms with Gasteiger partial charge < -0.3 is 20.3 Å². The van der Waals surface area contributed by atoms with Gasteiger partial charge in [0.25, 0.3) is 0 Å². The minimum absolute atomic E-state index is 0.0538. The minimum Gasteiger partial charge on any atom is -0.568 e. The smallest absolute Gasteiger partial charge is 0.231 e. The summed E-state index contributed by atoms with van der Waals surface area (Å²) >= 11 is 0.